The Bertz CT molecular complexity index is 620. The second kappa shape index (κ2) is 6.32. The van der Waals surface area contributed by atoms with E-state index in [0.717, 1.165) is 18.5 Å². The lowest BCUT2D eigenvalue weighted by atomic mass is 10.0. The molecule has 1 N–H and O–H groups in total. The SMILES string of the molecule is CC(O)C1CCN(C(=O)c2ccc(Cn3cccn3)cc2)C1. The molecule has 1 aromatic heterocycles. The molecule has 5 heteroatoms. The topological polar surface area (TPSA) is 58.4 Å². The van der Waals surface area contributed by atoms with Crippen molar-refractivity contribution in [2.24, 2.45) is 5.92 Å². The van der Waals surface area contributed by atoms with E-state index in [2.05, 4.69) is 5.10 Å². The molecule has 0 radical (unpaired) electrons. The van der Waals surface area contributed by atoms with Gasteiger partial charge in [-0.3, -0.25) is 9.48 Å². The van der Waals surface area contributed by atoms with E-state index < -0.39 is 0 Å². The molecule has 2 aromatic rings. The Morgan fingerprint density at radius 2 is 2.18 bits per heavy atom. The first kappa shape index (κ1) is 14.8. The normalized spacial score (nSPS) is 19.4. The predicted octanol–water partition coefficient (Wildman–Crippen LogP) is 1.77. The minimum Gasteiger partial charge on any atom is -0.393 e. The average molecular weight is 299 g/mol. The summed E-state index contributed by atoms with van der Waals surface area (Å²) in [6, 6.07) is 9.58. The van der Waals surface area contributed by atoms with E-state index in [9.17, 15) is 9.90 Å². The zero-order valence-electron chi connectivity index (χ0n) is 12.7. The predicted molar refractivity (Wildman–Crippen MR) is 83.5 cm³/mol. The Morgan fingerprint density at radius 1 is 1.41 bits per heavy atom. The van der Waals surface area contributed by atoms with Crippen LogP contribution in [0.2, 0.25) is 0 Å². The third-order valence-electron chi connectivity index (χ3n) is 4.30. The first-order valence-electron chi connectivity index (χ1n) is 7.67. The number of benzene rings is 1. The number of aromatic nitrogens is 2. The quantitative estimate of drug-likeness (QED) is 0.936. The van der Waals surface area contributed by atoms with E-state index in [0.29, 0.717) is 18.7 Å². The van der Waals surface area contributed by atoms with Crippen molar-refractivity contribution >= 4 is 5.91 Å². The van der Waals surface area contributed by atoms with Crippen molar-refractivity contribution in [3.63, 3.8) is 0 Å². The lowest BCUT2D eigenvalue weighted by Gasteiger charge is -2.18. The van der Waals surface area contributed by atoms with Crippen molar-refractivity contribution in [2.45, 2.75) is 26.0 Å². The van der Waals surface area contributed by atoms with Crippen molar-refractivity contribution in [1.82, 2.24) is 14.7 Å². The molecule has 5 nitrogen and oxygen atoms in total. The van der Waals surface area contributed by atoms with Crippen LogP contribution in [0.3, 0.4) is 0 Å². The van der Waals surface area contributed by atoms with Gasteiger partial charge in [-0.2, -0.15) is 5.10 Å². The maximum Gasteiger partial charge on any atom is 0.253 e. The molecule has 22 heavy (non-hydrogen) atoms. The number of amides is 1. The third kappa shape index (κ3) is 3.20. The average Bonchev–Trinajstić information content (AvgIpc) is 3.18. The van der Waals surface area contributed by atoms with Crippen LogP contribution in [0.25, 0.3) is 0 Å². The van der Waals surface area contributed by atoms with Gasteiger partial charge in [0.05, 0.1) is 12.6 Å². The lowest BCUT2D eigenvalue weighted by molar-refractivity contribution is 0.0762. The minimum atomic E-state index is -0.353. The van der Waals surface area contributed by atoms with E-state index in [1.807, 2.05) is 46.1 Å². The van der Waals surface area contributed by atoms with Gasteiger partial charge in [0.2, 0.25) is 0 Å². The summed E-state index contributed by atoms with van der Waals surface area (Å²) >= 11 is 0. The van der Waals surface area contributed by atoms with Gasteiger partial charge in [0.25, 0.3) is 5.91 Å². The Morgan fingerprint density at radius 3 is 2.77 bits per heavy atom. The molecule has 2 heterocycles. The van der Waals surface area contributed by atoms with Crippen LogP contribution >= 0.6 is 0 Å². The Hall–Kier alpha value is -2.14. The molecule has 0 saturated carbocycles. The molecule has 1 aliphatic heterocycles. The van der Waals surface area contributed by atoms with Crippen LogP contribution < -0.4 is 0 Å². The lowest BCUT2D eigenvalue weighted by Crippen LogP contribution is -2.30. The first-order chi connectivity index (χ1) is 10.6. The summed E-state index contributed by atoms with van der Waals surface area (Å²) in [4.78, 5) is 14.3. The molecule has 1 aromatic carbocycles. The van der Waals surface area contributed by atoms with E-state index in [-0.39, 0.29) is 17.9 Å². The van der Waals surface area contributed by atoms with Gasteiger partial charge in [0, 0.05) is 37.0 Å². The van der Waals surface area contributed by atoms with E-state index in [1.165, 1.54) is 0 Å². The largest absolute Gasteiger partial charge is 0.393 e. The summed E-state index contributed by atoms with van der Waals surface area (Å²) in [6.45, 7) is 3.87. The van der Waals surface area contributed by atoms with Gasteiger partial charge in [0.15, 0.2) is 0 Å². The van der Waals surface area contributed by atoms with Gasteiger partial charge in [-0.25, -0.2) is 0 Å². The number of likely N-dealkylation sites (tertiary alicyclic amines) is 1. The van der Waals surface area contributed by atoms with Crippen LogP contribution in [0, 0.1) is 5.92 Å². The van der Waals surface area contributed by atoms with Gasteiger partial charge in [-0.1, -0.05) is 12.1 Å². The highest BCUT2D eigenvalue weighted by Gasteiger charge is 2.29. The summed E-state index contributed by atoms with van der Waals surface area (Å²) in [5.41, 5.74) is 1.82. The molecule has 3 rings (SSSR count). The fourth-order valence-corrected chi connectivity index (χ4v) is 2.88. The third-order valence-corrected chi connectivity index (χ3v) is 4.30. The van der Waals surface area contributed by atoms with Gasteiger partial charge in [-0.05, 0) is 37.1 Å². The highest BCUT2D eigenvalue weighted by Crippen LogP contribution is 2.21. The molecule has 0 bridgehead atoms. The maximum absolute atomic E-state index is 12.5. The van der Waals surface area contributed by atoms with Crippen LogP contribution in [-0.2, 0) is 6.54 Å². The van der Waals surface area contributed by atoms with Crippen molar-refractivity contribution in [2.75, 3.05) is 13.1 Å². The van der Waals surface area contributed by atoms with Crippen LogP contribution in [0.4, 0.5) is 0 Å². The first-order valence-corrected chi connectivity index (χ1v) is 7.67. The van der Waals surface area contributed by atoms with Crippen molar-refractivity contribution in [1.29, 1.82) is 0 Å². The molecule has 116 valence electrons. The smallest absolute Gasteiger partial charge is 0.253 e. The van der Waals surface area contributed by atoms with Crippen LogP contribution in [0.1, 0.15) is 29.3 Å². The highest BCUT2D eigenvalue weighted by molar-refractivity contribution is 5.94. The van der Waals surface area contributed by atoms with Crippen LogP contribution in [0.5, 0.6) is 0 Å². The summed E-state index contributed by atoms with van der Waals surface area (Å²) in [5.74, 6) is 0.247. The number of carbonyl (C=O) groups excluding carboxylic acids is 1. The number of rotatable bonds is 4. The second-order valence-corrected chi connectivity index (χ2v) is 5.94. The van der Waals surface area contributed by atoms with Gasteiger partial charge in [0.1, 0.15) is 0 Å². The summed E-state index contributed by atoms with van der Waals surface area (Å²) in [5, 5.41) is 13.8. The molecule has 1 fully saturated rings. The standard InChI is InChI=1S/C17H21N3O2/c1-13(21)16-7-10-19(12-16)17(22)15-5-3-14(4-6-15)11-20-9-2-8-18-20/h2-6,8-9,13,16,21H,7,10-12H2,1H3. The Kier molecular flexibility index (Phi) is 4.24. The number of aliphatic hydroxyl groups excluding tert-OH is 1. The van der Waals surface area contributed by atoms with Gasteiger partial charge in [-0.15, -0.1) is 0 Å². The zero-order valence-corrected chi connectivity index (χ0v) is 12.7. The van der Waals surface area contributed by atoms with E-state index in [4.69, 9.17) is 0 Å². The molecule has 0 aliphatic carbocycles. The second-order valence-electron chi connectivity index (χ2n) is 5.94. The number of hydrogen-bond acceptors (Lipinski definition) is 3. The highest BCUT2D eigenvalue weighted by atomic mass is 16.3. The molecule has 1 saturated heterocycles. The summed E-state index contributed by atoms with van der Waals surface area (Å²) < 4.78 is 1.85. The van der Waals surface area contributed by atoms with Crippen LogP contribution in [-0.4, -0.2) is 44.9 Å². The van der Waals surface area contributed by atoms with Crippen LogP contribution in [0.15, 0.2) is 42.7 Å². The monoisotopic (exact) mass is 299 g/mol. The number of hydrogen-bond donors (Lipinski definition) is 1. The molecular weight excluding hydrogens is 278 g/mol. The number of aliphatic hydroxyl groups is 1. The fourth-order valence-electron chi connectivity index (χ4n) is 2.88. The Balaban J connectivity index is 1.64. The van der Waals surface area contributed by atoms with E-state index >= 15 is 0 Å². The minimum absolute atomic E-state index is 0.0498. The molecule has 1 amide bonds. The van der Waals surface area contributed by atoms with Crippen molar-refractivity contribution in [3.05, 3.63) is 53.9 Å². The number of carbonyl (C=O) groups is 1. The maximum atomic E-state index is 12.5. The number of nitrogens with zero attached hydrogens (tertiary/aromatic N) is 3. The van der Waals surface area contributed by atoms with E-state index in [1.54, 1.807) is 13.1 Å². The van der Waals surface area contributed by atoms with Crippen molar-refractivity contribution in [3.8, 4) is 0 Å². The van der Waals surface area contributed by atoms with Crippen molar-refractivity contribution < 1.29 is 9.90 Å². The Labute approximate surface area is 130 Å². The summed E-state index contributed by atoms with van der Waals surface area (Å²) in [6.07, 6.45) is 4.19. The molecular formula is C17H21N3O2. The molecule has 2 unspecified atom stereocenters. The molecule has 0 spiro atoms. The molecule has 2 atom stereocenters. The molecule has 1 aliphatic rings. The fraction of sp³-hybridized carbons (Fsp3) is 0.412. The summed E-state index contributed by atoms with van der Waals surface area (Å²) in [7, 11) is 0. The van der Waals surface area contributed by atoms with Gasteiger partial charge < -0.3 is 10.0 Å². The zero-order chi connectivity index (χ0) is 15.5. The van der Waals surface area contributed by atoms with Gasteiger partial charge >= 0.3 is 0 Å².